The fraction of sp³-hybridized carbons (Fsp3) is 0.538. The highest BCUT2D eigenvalue weighted by Gasteiger charge is 2.26. The molecule has 0 bridgehead atoms. The van der Waals surface area contributed by atoms with Gasteiger partial charge in [-0.15, -0.1) is 0 Å². The molecule has 0 heterocycles. The second-order valence-corrected chi connectivity index (χ2v) is 4.58. The summed E-state index contributed by atoms with van der Waals surface area (Å²) in [5.74, 6) is 0.231. The van der Waals surface area contributed by atoms with E-state index in [4.69, 9.17) is 5.73 Å². The summed E-state index contributed by atoms with van der Waals surface area (Å²) in [6.45, 7) is 6.21. The molecular formula is C13H20FN. The number of rotatable bonds is 4. The van der Waals surface area contributed by atoms with Crippen LogP contribution < -0.4 is 5.73 Å². The van der Waals surface area contributed by atoms with Gasteiger partial charge in [0, 0.05) is 5.54 Å². The third-order valence-corrected chi connectivity index (χ3v) is 3.27. The van der Waals surface area contributed by atoms with E-state index < -0.39 is 0 Å². The molecule has 15 heavy (non-hydrogen) atoms. The Morgan fingerprint density at radius 3 is 2.53 bits per heavy atom. The topological polar surface area (TPSA) is 26.0 Å². The molecular weight excluding hydrogens is 189 g/mol. The first-order chi connectivity index (χ1) is 6.97. The van der Waals surface area contributed by atoms with Crippen LogP contribution in [0.4, 0.5) is 4.39 Å². The predicted octanol–water partition coefficient (Wildman–Crippen LogP) is 3.13. The summed E-state index contributed by atoms with van der Waals surface area (Å²) in [6, 6.07) is 6.85. The monoisotopic (exact) mass is 209 g/mol. The van der Waals surface area contributed by atoms with Crippen LogP contribution in [0.25, 0.3) is 0 Å². The Kier molecular flexibility index (Phi) is 3.86. The second kappa shape index (κ2) is 4.75. The van der Waals surface area contributed by atoms with Gasteiger partial charge in [-0.2, -0.15) is 0 Å². The van der Waals surface area contributed by atoms with Crippen molar-refractivity contribution in [2.75, 3.05) is 0 Å². The molecule has 0 aromatic heterocycles. The van der Waals surface area contributed by atoms with Gasteiger partial charge in [-0.05, 0) is 30.9 Å². The van der Waals surface area contributed by atoms with E-state index in [1.807, 2.05) is 19.1 Å². The van der Waals surface area contributed by atoms with Gasteiger partial charge >= 0.3 is 0 Å². The Morgan fingerprint density at radius 2 is 2.00 bits per heavy atom. The van der Waals surface area contributed by atoms with Crippen molar-refractivity contribution >= 4 is 0 Å². The average molecular weight is 209 g/mol. The van der Waals surface area contributed by atoms with Gasteiger partial charge in [0.15, 0.2) is 0 Å². The molecule has 0 saturated carbocycles. The Bertz CT molecular complexity index is 320. The van der Waals surface area contributed by atoms with Crippen molar-refractivity contribution in [2.24, 2.45) is 11.7 Å². The van der Waals surface area contributed by atoms with Crippen molar-refractivity contribution in [3.63, 3.8) is 0 Å². The maximum absolute atomic E-state index is 13.4. The van der Waals surface area contributed by atoms with Gasteiger partial charge in [0.05, 0.1) is 0 Å². The van der Waals surface area contributed by atoms with Crippen molar-refractivity contribution in [1.29, 1.82) is 0 Å². The highest BCUT2D eigenvalue weighted by atomic mass is 19.1. The van der Waals surface area contributed by atoms with Gasteiger partial charge in [0.25, 0.3) is 0 Å². The first-order valence-electron chi connectivity index (χ1n) is 5.49. The molecule has 1 nitrogen and oxygen atoms in total. The van der Waals surface area contributed by atoms with E-state index in [2.05, 4.69) is 13.8 Å². The van der Waals surface area contributed by atoms with Crippen LogP contribution in [0.1, 0.15) is 32.8 Å². The van der Waals surface area contributed by atoms with Gasteiger partial charge in [-0.3, -0.25) is 0 Å². The third kappa shape index (κ3) is 3.03. The highest BCUT2D eigenvalue weighted by Crippen LogP contribution is 2.23. The van der Waals surface area contributed by atoms with Crippen LogP contribution in [0.5, 0.6) is 0 Å². The molecule has 1 rings (SSSR count). The van der Waals surface area contributed by atoms with Crippen molar-refractivity contribution < 1.29 is 4.39 Å². The van der Waals surface area contributed by atoms with Crippen LogP contribution in [0, 0.1) is 11.7 Å². The fourth-order valence-electron chi connectivity index (χ4n) is 1.69. The lowest BCUT2D eigenvalue weighted by atomic mass is 9.81. The van der Waals surface area contributed by atoms with Gasteiger partial charge in [0.2, 0.25) is 0 Å². The normalized spacial score (nSPS) is 17.1. The number of hydrogen-bond donors (Lipinski definition) is 1. The van der Waals surface area contributed by atoms with Gasteiger partial charge in [-0.25, -0.2) is 4.39 Å². The molecule has 2 atom stereocenters. The Morgan fingerprint density at radius 1 is 1.40 bits per heavy atom. The Hall–Kier alpha value is -0.890. The second-order valence-electron chi connectivity index (χ2n) is 4.58. The first-order valence-corrected chi connectivity index (χ1v) is 5.49. The van der Waals surface area contributed by atoms with Gasteiger partial charge < -0.3 is 5.73 Å². The van der Waals surface area contributed by atoms with Crippen molar-refractivity contribution in [3.8, 4) is 0 Å². The molecule has 0 aliphatic carbocycles. The minimum absolute atomic E-state index is 0.155. The molecule has 1 aromatic carbocycles. The molecule has 0 spiro atoms. The molecule has 1 aromatic rings. The van der Waals surface area contributed by atoms with Crippen molar-refractivity contribution in [1.82, 2.24) is 0 Å². The molecule has 0 aliphatic rings. The molecule has 2 N–H and O–H groups in total. The Balaban J connectivity index is 2.81. The zero-order valence-corrected chi connectivity index (χ0v) is 9.76. The molecule has 0 radical (unpaired) electrons. The lowest BCUT2D eigenvalue weighted by Gasteiger charge is -2.31. The maximum Gasteiger partial charge on any atom is 0.126 e. The average Bonchev–Trinajstić information content (AvgIpc) is 2.20. The molecule has 2 heteroatoms. The highest BCUT2D eigenvalue weighted by molar-refractivity contribution is 5.20. The van der Waals surface area contributed by atoms with Gasteiger partial charge in [0.1, 0.15) is 5.82 Å². The number of hydrogen-bond acceptors (Lipinski definition) is 1. The molecule has 0 amide bonds. The van der Waals surface area contributed by atoms with Crippen molar-refractivity contribution in [3.05, 3.63) is 35.6 Å². The molecule has 0 aliphatic heterocycles. The SMILES string of the molecule is CCC(C)C(C)(N)Cc1ccccc1F. The minimum Gasteiger partial charge on any atom is -0.325 e. The molecule has 2 unspecified atom stereocenters. The number of halogens is 1. The van der Waals surface area contributed by atoms with E-state index in [-0.39, 0.29) is 11.4 Å². The fourth-order valence-corrected chi connectivity index (χ4v) is 1.69. The zero-order chi connectivity index (χ0) is 11.5. The van der Waals surface area contributed by atoms with E-state index in [1.54, 1.807) is 6.07 Å². The number of nitrogens with two attached hydrogens (primary N) is 1. The third-order valence-electron chi connectivity index (χ3n) is 3.27. The lowest BCUT2D eigenvalue weighted by molar-refractivity contribution is 0.303. The smallest absolute Gasteiger partial charge is 0.126 e. The lowest BCUT2D eigenvalue weighted by Crippen LogP contribution is -2.45. The maximum atomic E-state index is 13.4. The van der Waals surface area contributed by atoms with Crippen LogP contribution >= 0.6 is 0 Å². The van der Waals surface area contributed by atoms with Crippen LogP contribution in [-0.4, -0.2) is 5.54 Å². The molecule has 0 saturated heterocycles. The summed E-state index contributed by atoms with van der Waals surface area (Å²) in [4.78, 5) is 0. The summed E-state index contributed by atoms with van der Waals surface area (Å²) < 4.78 is 13.4. The molecule has 84 valence electrons. The Labute approximate surface area is 91.5 Å². The molecule has 0 fully saturated rings. The summed E-state index contributed by atoms with van der Waals surface area (Å²) in [6.07, 6.45) is 1.61. The van der Waals surface area contributed by atoms with E-state index in [0.717, 1.165) is 6.42 Å². The largest absolute Gasteiger partial charge is 0.325 e. The quantitative estimate of drug-likeness (QED) is 0.810. The summed E-state index contributed by atoms with van der Waals surface area (Å²) in [7, 11) is 0. The standard InChI is InChI=1S/C13H20FN/c1-4-10(2)13(3,15)9-11-7-5-6-8-12(11)14/h5-8,10H,4,9,15H2,1-3H3. The number of benzene rings is 1. The zero-order valence-electron chi connectivity index (χ0n) is 9.76. The minimum atomic E-state index is -0.336. The van der Waals surface area contributed by atoms with Crippen LogP contribution in [0.2, 0.25) is 0 Å². The summed E-state index contributed by atoms with van der Waals surface area (Å²) in [5, 5.41) is 0. The summed E-state index contributed by atoms with van der Waals surface area (Å²) in [5.41, 5.74) is 6.58. The van der Waals surface area contributed by atoms with Gasteiger partial charge in [-0.1, -0.05) is 38.5 Å². The van der Waals surface area contributed by atoms with E-state index in [0.29, 0.717) is 17.9 Å². The van der Waals surface area contributed by atoms with Crippen LogP contribution in [0.15, 0.2) is 24.3 Å². The first kappa shape index (κ1) is 12.2. The van der Waals surface area contributed by atoms with E-state index in [9.17, 15) is 4.39 Å². The predicted molar refractivity (Wildman–Crippen MR) is 62.2 cm³/mol. The van der Waals surface area contributed by atoms with Crippen LogP contribution in [-0.2, 0) is 6.42 Å². The summed E-state index contributed by atoms with van der Waals surface area (Å²) >= 11 is 0. The van der Waals surface area contributed by atoms with Crippen LogP contribution in [0.3, 0.4) is 0 Å². The van der Waals surface area contributed by atoms with Crippen molar-refractivity contribution in [2.45, 2.75) is 39.2 Å². The van der Waals surface area contributed by atoms with E-state index >= 15 is 0 Å². The van der Waals surface area contributed by atoms with E-state index in [1.165, 1.54) is 6.07 Å².